The van der Waals surface area contributed by atoms with Crippen molar-refractivity contribution in [3.63, 3.8) is 0 Å². The Kier molecular flexibility index (Phi) is 5.48. The average Bonchev–Trinajstić information content (AvgIpc) is 2.74. The van der Waals surface area contributed by atoms with Crippen LogP contribution in [0.3, 0.4) is 0 Å². The molecular formula is C26H37ClN2S. The Hall–Kier alpha value is -0.640. The van der Waals surface area contributed by atoms with Gasteiger partial charge in [-0.05, 0) is 92.4 Å². The summed E-state index contributed by atoms with van der Waals surface area (Å²) in [6, 6.07) is 12.2. The zero-order valence-electron chi connectivity index (χ0n) is 18.3. The molecule has 5 saturated carbocycles. The van der Waals surface area contributed by atoms with Crippen molar-refractivity contribution in [1.82, 2.24) is 5.32 Å². The van der Waals surface area contributed by atoms with Gasteiger partial charge >= 0.3 is 0 Å². The van der Waals surface area contributed by atoms with Crippen LogP contribution in [0, 0.1) is 22.7 Å². The second-order valence-electron chi connectivity index (χ2n) is 11.3. The van der Waals surface area contributed by atoms with Crippen molar-refractivity contribution in [1.29, 1.82) is 0 Å². The normalized spacial score (nSPS) is 44.8. The van der Waals surface area contributed by atoms with E-state index in [9.17, 15) is 0 Å². The maximum Gasteiger partial charge on any atom is 0.0818 e. The summed E-state index contributed by atoms with van der Waals surface area (Å²) >= 11 is 12.6. The molecule has 4 bridgehead atoms. The van der Waals surface area contributed by atoms with E-state index < -0.39 is 0 Å². The minimum absolute atomic E-state index is 0.169. The topological polar surface area (TPSA) is 38.0 Å². The summed E-state index contributed by atoms with van der Waals surface area (Å²) in [6.45, 7) is 2.54. The molecule has 5 aliphatic rings. The smallest absolute Gasteiger partial charge is 0.0818 e. The number of hydrogen-bond donors (Lipinski definition) is 2. The molecule has 0 spiro atoms. The first-order valence-electron chi connectivity index (χ1n) is 12.1. The van der Waals surface area contributed by atoms with E-state index >= 15 is 0 Å². The van der Waals surface area contributed by atoms with Gasteiger partial charge in [0, 0.05) is 23.4 Å². The van der Waals surface area contributed by atoms with Crippen molar-refractivity contribution < 1.29 is 0 Å². The lowest BCUT2D eigenvalue weighted by molar-refractivity contribution is -0.134. The van der Waals surface area contributed by atoms with E-state index in [0.717, 1.165) is 49.8 Å². The Bertz CT molecular complexity index is 769. The quantitative estimate of drug-likeness (QED) is 0.434. The van der Waals surface area contributed by atoms with Crippen molar-refractivity contribution >= 4 is 28.8 Å². The van der Waals surface area contributed by atoms with Crippen LogP contribution in [-0.2, 0) is 5.41 Å². The molecule has 4 heteroatoms. The summed E-state index contributed by atoms with van der Waals surface area (Å²) in [6.07, 6.45) is 12.1. The third kappa shape index (κ3) is 3.35. The molecule has 2 nitrogen and oxygen atoms in total. The molecule has 0 heterocycles. The molecule has 0 aliphatic heterocycles. The predicted molar refractivity (Wildman–Crippen MR) is 130 cm³/mol. The van der Waals surface area contributed by atoms with E-state index in [0.29, 0.717) is 22.9 Å². The lowest BCUT2D eigenvalue weighted by Gasteiger charge is -2.69. The summed E-state index contributed by atoms with van der Waals surface area (Å²) in [7, 11) is 0. The number of alkyl halides is 1. The van der Waals surface area contributed by atoms with E-state index in [1.54, 1.807) is 5.56 Å². The van der Waals surface area contributed by atoms with Crippen LogP contribution in [-0.4, -0.2) is 23.0 Å². The van der Waals surface area contributed by atoms with Gasteiger partial charge in [-0.3, -0.25) is 0 Å². The Labute approximate surface area is 192 Å². The molecule has 5 fully saturated rings. The summed E-state index contributed by atoms with van der Waals surface area (Å²) in [5.41, 5.74) is 8.52. The molecule has 30 heavy (non-hydrogen) atoms. The standard InChI is InChI=1S/C26H37ClN2S/c1-24(11-12-27)19-13-25(18-5-3-2-4-6-18)14-20(24)16-26(15-19,17-25)23(30)29-22-9-7-21(28)8-10-22/h2-6,19-22H,7-17,28H2,1H3,(H,29,30). The zero-order valence-corrected chi connectivity index (χ0v) is 19.9. The third-order valence-electron chi connectivity index (χ3n) is 9.70. The fourth-order valence-corrected chi connectivity index (χ4v) is 8.82. The number of halogens is 1. The number of rotatable bonds is 5. The Morgan fingerprint density at radius 2 is 1.70 bits per heavy atom. The molecule has 1 aromatic rings. The molecule has 2 atom stereocenters. The summed E-state index contributed by atoms with van der Waals surface area (Å²) in [4.78, 5) is 1.17. The predicted octanol–water partition coefficient (Wildman–Crippen LogP) is 5.96. The SMILES string of the molecule is CC1(CCCl)C2CC3(C(=S)NC4CCC(N)CC4)CC1CC(c1ccccc1)(C2)C3. The minimum Gasteiger partial charge on any atom is -0.376 e. The van der Waals surface area contributed by atoms with Crippen molar-refractivity contribution in [2.75, 3.05) is 5.88 Å². The maximum atomic E-state index is 6.32. The fourth-order valence-electron chi connectivity index (χ4n) is 8.01. The van der Waals surface area contributed by atoms with Gasteiger partial charge in [0.05, 0.1) is 4.99 Å². The van der Waals surface area contributed by atoms with Crippen LogP contribution >= 0.6 is 23.8 Å². The number of nitrogens with one attached hydrogen (secondary N) is 1. The molecular weight excluding hydrogens is 408 g/mol. The molecule has 164 valence electrons. The van der Waals surface area contributed by atoms with E-state index in [2.05, 4.69) is 42.6 Å². The highest BCUT2D eigenvalue weighted by atomic mass is 35.5. The summed E-state index contributed by atoms with van der Waals surface area (Å²) < 4.78 is 0. The van der Waals surface area contributed by atoms with Crippen molar-refractivity contribution in [2.24, 2.45) is 28.4 Å². The second kappa shape index (κ2) is 7.74. The molecule has 0 radical (unpaired) electrons. The highest BCUT2D eigenvalue weighted by molar-refractivity contribution is 7.80. The average molecular weight is 445 g/mol. The molecule has 5 aliphatic carbocycles. The van der Waals surface area contributed by atoms with Crippen LogP contribution in [0.4, 0.5) is 0 Å². The Balaban J connectivity index is 1.45. The minimum atomic E-state index is 0.169. The van der Waals surface area contributed by atoms with E-state index in [-0.39, 0.29) is 5.41 Å². The third-order valence-corrected chi connectivity index (χ3v) is 10.4. The number of hydrogen-bond acceptors (Lipinski definition) is 2. The monoisotopic (exact) mass is 444 g/mol. The zero-order chi connectivity index (χ0) is 21.0. The van der Waals surface area contributed by atoms with Crippen LogP contribution in [0.1, 0.15) is 76.7 Å². The first-order valence-corrected chi connectivity index (χ1v) is 13.0. The number of benzene rings is 1. The molecule has 2 unspecified atom stereocenters. The lowest BCUT2D eigenvalue weighted by atomic mass is 9.36. The van der Waals surface area contributed by atoms with Crippen LogP contribution in [0.15, 0.2) is 30.3 Å². The molecule has 0 amide bonds. The number of nitrogens with two attached hydrogens (primary N) is 1. The van der Waals surface area contributed by atoms with Gasteiger partial charge in [-0.2, -0.15) is 0 Å². The van der Waals surface area contributed by atoms with Crippen LogP contribution in [0.5, 0.6) is 0 Å². The lowest BCUT2D eigenvalue weighted by Crippen LogP contribution is -2.65. The van der Waals surface area contributed by atoms with Gasteiger partial charge in [0.25, 0.3) is 0 Å². The Morgan fingerprint density at radius 1 is 1.07 bits per heavy atom. The first kappa shape index (κ1) is 21.2. The summed E-state index contributed by atoms with van der Waals surface area (Å²) in [5, 5.41) is 3.87. The van der Waals surface area contributed by atoms with E-state index in [4.69, 9.17) is 29.6 Å². The second-order valence-corrected chi connectivity index (χ2v) is 12.1. The van der Waals surface area contributed by atoms with Crippen LogP contribution in [0.2, 0.25) is 0 Å². The van der Waals surface area contributed by atoms with E-state index in [1.807, 2.05) is 0 Å². The van der Waals surface area contributed by atoms with Crippen molar-refractivity contribution in [3.8, 4) is 0 Å². The Morgan fingerprint density at radius 3 is 2.30 bits per heavy atom. The number of thiocarbonyl (C=S) groups is 1. The van der Waals surface area contributed by atoms with Gasteiger partial charge in [-0.1, -0.05) is 49.5 Å². The largest absolute Gasteiger partial charge is 0.376 e. The molecule has 0 aromatic heterocycles. The molecule has 6 rings (SSSR count). The van der Waals surface area contributed by atoms with Crippen LogP contribution in [0.25, 0.3) is 0 Å². The molecule has 0 saturated heterocycles. The summed E-state index contributed by atoms with van der Waals surface area (Å²) in [5.74, 6) is 2.22. The van der Waals surface area contributed by atoms with Gasteiger partial charge in [-0.25, -0.2) is 0 Å². The highest BCUT2D eigenvalue weighted by Crippen LogP contribution is 2.72. The fraction of sp³-hybridized carbons (Fsp3) is 0.731. The highest BCUT2D eigenvalue weighted by Gasteiger charge is 2.66. The van der Waals surface area contributed by atoms with Gasteiger partial charge in [-0.15, -0.1) is 11.6 Å². The van der Waals surface area contributed by atoms with Gasteiger partial charge in [0.15, 0.2) is 0 Å². The molecule has 1 aromatic carbocycles. The van der Waals surface area contributed by atoms with Crippen molar-refractivity contribution in [3.05, 3.63) is 35.9 Å². The van der Waals surface area contributed by atoms with E-state index in [1.165, 1.54) is 37.1 Å². The van der Waals surface area contributed by atoms with Gasteiger partial charge in [0.1, 0.15) is 0 Å². The maximum absolute atomic E-state index is 6.32. The van der Waals surface area contributed by atoms with Gasteiger partial charge in [0.2, 0.25) is 0 Å². The molecule has 3 N–H and O–H groups in total. The van der Waals surface area contributed by atoms with Crippen molar-refractivity contribution in [2.45, 2.75) is 88.6 Å². The van der Waals surface area contributed by atoms with Gasteiger partial charge < -0.3 is 11.1 Å². The van der Waals surface area contributed by atoms with Crippen LogP contribution < -0.4 is 11.1 Å². The first-order chi connectivity index (χ1) is 14.4.